The minimum absolute atomic E-state index is 0.387. The SMILES string of the molecule is N#CCSc1ccc(-c2ccccn2)nn1. The van der Waals surface area contributed by atoms with Crippen molar-refractivity contribution in [3.05, 3.63) is 36.5 Å². The Hall–Kier alpha value is -1.93. The van der Waals surface area contributed by atoms with Crippen LogP contribution < -0.4 is 0 Å². The lowest BCUT2D eigenvalue weighted by Crippen LogP contribution is -1.91. The molecule has 5 heteroatoms. The third-order valence-electron chi connectivity index (χ3n) is 1.85. The molecule has 2 rings (SSSR count). The Morgan fingerprint density at radius 3 is 2.69 bits per heavy atom. The Labute approximate surface area is 97.4 Å². The summed E-state index contributed by atoms with van der Waals surface area (Å²) in [6.07, 6.45) is 1.72. The predicted molar refractivity (Wildman–Crippen MR) is 61.6 cm³/mol. The molecule has 0 fully saturated rings. The molecular formula is C11H8N4S. The van der Waals surface area contributed by atoms with Gasteiger partial charge in [-0.25, -0.2) is 0 Å². The zero-order valence-corrected chi connectivity index (χ0v) is 9.18. The van der Waals surface area contributed by atoms with Gasteiger partial charge in [-0.05, 0) is 24.3 Å². The number of pyridine rings is 1. The second-order valence-electron chi connectivity index (χ2n) is 2.92. The van der Waals surface area contributed by atoms with E-state index in [-0.39, 0.29) is 0 Å². The second kappa shape index (κ2) is 5.24. The summed E-state index contributed by atoms with van der Waals surface area (Å²) in [7, 11) is 0. The van der Waals surface area contributed by atoms with Crippen LogP contribution in [0.1, 0.15) is 0 Å². The van der Waals surface area contributed by atoms with Crippen LogP contribution in [0.3, 0.4) is 0 Å². The molecular weight excluding hydrogens is 220 g/mol. The van der Waals surface area contributed by atoms with Gasteiger partial charge < -0.3 is 0 Å². The van der Waals surface area contributed by atoms with E-state index in [1.54, 1.807) is 6.20 Å². The first kappa shape index (κ1) is 10.6. The number of nitrogens with zero attached hydrogens (tertiary/aromatic N) is 4. The smallest absolute Gasteiger partial charge is 0.120 e. The molecule has 0 saturated carbocycles. The first-order valence-electron chi connectivity index (χ1n) is 4.65. The van der Waals surface area contributed by atoms with Crippen molar-refractivity contribution in [2.24, 2.45) is 0 Å². The van der Waals surface area contributed by atoms with Crippen LogP contribution in [0.25, 0.3) is 11.4 Å². The maximum atomic E-state index is 8.43. The summed E-state index contributed by atoms with van der Waals surface area (Å²) in [5.41, 5.74) is 1.54. The van der Waals surface area contributed by atoms with Crippen LogP contribution in [-0.2, 0) is 0 Å². The van der Waals surface area contributed by atoms with Crippen LogP contribution in [0.15, 0.2) is 41.6 Å². The number of hydrogen-bond donors (Lipinski definition) is 0. The fourth-order valence-corrected chi connectivity index (χ4v) is 1.63. The molecule has 0 aliphatic heterocycles. The topological polar surface area (TPSA) is 62.5 Å². The van der Waals surface area contributed by atoms with E-state index in [4.69, 9.17) is 5.26 Å². The molecule has 0 aromatic carbocycles. The van der Waals surface area contributed by atoms with Crippen molar-refractivity contribution in [1.29, 1.82) is 5.26 Å². The molecule has 0 atom stereocenters. The molecule has 0 radical (unpaired) electrons. The molecule has 0 bridgehead atoms. The fourth-order valence-electron chi connectivity index (χ4n) is 1.15. The van der Waals surface area contributed by atoms with Crippen molar-refractivity contribution in [3.8, 4) is 17.5 Å². The Bertz CT molecular complexity index is 490. The van der Waals surface area contributed by atoms with E-state index < -0.39 is 0 Å². The lowest BCUT2D eigenvalue weighted by Gasteiger charge is -1.99. The van der Waals surface area contributed by atoms with E-state index in [1.807, 2.05) is 36.4 Å². The first-order valence-corrected chi connectivity index (χ1v) is 5.63. The maximum absolute atomic E-state index is 8.43. The highest BCUT2D eigenvalue weighted by atomic mass is 32.2. The summed E-state index contributed by atoms with van der Waals surface area (Å²) in [6, 6.07) is 11.4. The summed E-state index contributed by atoms with van der Waals surface area (Å²) in [5.74, 6) is 0.387. The van der Waals surface area contributed by atoms with Crippen molar-refractivity contribution < 1.29 is 0 Å². The minimum Gasteiger partial charge on any atom is -0.255 e. The van der Waals surface area contributed by atoms with Gasteiger partial charge in [0, 0.05) is 6.20 Å². The van der Waals surface area contributed by atoms with Gasteiger partial charge in [0.2, 0.25) is 0 Å². The van der Waals surface area contributed by atoms with Gasteiger partial charge in [-0.1, -0.05) is 17.8 Å². The molecule has 0 amide bonds. The molecule has 0 saturated heterocycles. The Kier molecular flexibility index (Phi) is 3.46. The lowest BCUT2D eigenvalue weighted by atomic mass is 10.2. The molecule has 78 valence electrons. The van der Waals surface area contributed by atoms with Gasteiger partial charge >= 0.3 is 0 Å². The quantitative estimate of drug-likeness (QED) is 0.753. The van der Waals surface area contributed by atoms with Crippen molar-refractivity contribution in [2.45, 2.75) is 5.03 Å². The molecule has 2 aromatic rings. The molecule has 4 nitrogen and oxygen atoms in total. The molecule has 0 aliphatic rings. The van der Waals surface area contributed by atoms with Crippen molar-refractivity contribution >= 4 is 11.8 Å². The van der Waals surface area contributed by atoms with Gasteiger partial charge in [-0.3, -0.25) is 4.98 Å². The van der Waals surface area contributed by atoms with Gasteiger partial charge in [0.15, 0.2) is 0 Å². The average Bonchev–Trinajstić information content (AvgIpc) is 2.38. The van der Waals surface area contributed by atoms with Crippen LogP contribution in [0, 0.1) is 11.3 Å². The van der Waals surface area contributed by atoms with E-state index in [1.165, 1.54) is 11.8 Å². The standard InChI is InChI=1S/C11H8N4S/c12-6-8-16-11-5-4-10(14-15-11)9-3-1-2-7-13-9/h1-5,7H,8H2. The molecule has 0 N–H and O–H groups in total. The Balaban J connectivity index is 2.17. The summed E-state index contributed by atoms with van der Waals surface area (Å²) >= 11 is 1.37. The van der Waals surface area contributed by atoms with Gasteiger partial charge in [-0.2, -0.15) is 5.26 Å². The van der Waals surface area contributed by atoms with Crippen molar-refractivity contribution in [3.63, 3.8) is 0 Å². The monoisotopic (exact) mass is 228 g/mol. The molecule has 16 heavy (non-hydrogen) atoms. The van der Waals surface area contributed by atoms with Gasteiger partial charge in [0.05, 0.1) is 17.5 Å². The zero-order chi connectivity index (χ0) is 11.2. The average molecular weight is 228 g/mol. The van der Waals surface area contributed by atoms with E-state index >= 15 is 0 Å². The summed E-state index contributed by atoms with van der Waals surface area (Å²) < 4.78 is 0. The summed E-state index contributed by atoms with van der Waals surface area (Å²) in [5, 5.41) is 17.3. The molecule has 0 aliphatic carbocycles. The highest BCUT2D eigenvalue weighted by molar-refractivity contribution is 7.99. The minimum atomic E-state index is 0.387. The highest BCUT2D eigenvalue weighted by Gasteiger charge is 2.01. The molecule has 0 spiro atoms. The number of hydrogen-bond acceptors (Lipinski definition) is 5. The number of rotatable bonds is 3. The second-order valence-corrected chi connectivity index (χ2v) is 3.91. The van der Waals surface area contributed by atoms with Gasteiger partial charge in [-0.15, -0.1) is 10.2 Å². The zero-order valence-electron chi connectivity index (χ0n) is 8.37. The predicted octanol–water partition coefficient (Wildman–Crippen LogP) is 2.15. The van der Waals surface area contributed by atoms with E-state index in [0.717, 1.165) is 16.4 Å². The summed E-state index contributed by atoms with van der Waals surface area (Å²) in [4.78, 5) is 4.18. The lowest BCUT2D eigenvalue weighted by molar-refractivity contribution is 0.932. The fraction of sp³-hybridized carbons (Fsp3) is 0.0909. The Morgan fingerprint density at radius 1 is 1.12 bits per heavy atom. The van der Waals surface area contributed by atoms with Crippen LogP contribution in [0.4, 0.5) is 0 Å². The summed E-state index contributed by atoms with van der Waals surface area (Å²) in [6.45, 7) is 0. The third-order valence-corrected chi connectivity index (χ3v) is 2.64. The van der Waals surface area contributed by atoms with Gasteiger partial charge in [0.25, 0.3) is 0 Å². The maximum Gasteiger partial charge on any atom is 0.120 e. The van der Waals surface area contributed by atoms with E-state index in [2.05, 4.69) is 15.2 Å². The van der Waals surface area contributed by atoms with E-state index in [0.29, 0.717) is 5.75 Å². The van der Waals surface area contributed by atoms with Crippen LogP contribution >= 0.6 is 11.8 Å². The number of aromatic nitrogens is 3. The molecule has 2 heterocycles. The van der Waals surface area contributed by atoms with E-state index in [9.17, 15) is 0 Å². The molecule has 2 aromatic heterocycles. The number of thioether (sulfide) groups is 1. The normalized spacial score (nSPS) is 9.69. The van der Waals surface area contributed by atoms with Crippen LogP contribution in [-0.4, -0.2) is 20.9 Å². The largest absolute Gasteiger partial charge is 0.255 e. The highest BCUT2D eigenvalue weighted by Crippen LogP contribution is 2.17. The van der Waals surface area contributed by atoms with Crippen LogP contribution in [0.5, 0.6) is 0 Å². The van der Waals surface area contributed by atoms with Gasteiger partial charge in [0.1, 0.15) is 10.7 Å². The van der Waals surface area contributed by atoms with Crippen molar-refractivity contribution in [1.82, 2.24) is 15.2 Å². The third kappa shape index (κ3) is 2.55. The van der Waals surface area contributed by atoms with Crippen LogP contribution in [0.2, 0.25) is 0 Å². The molecule has 0 unspecified atom stereocenters. The number of nitriles is 1. The Morgan fingerprint density at radius 2 is 2.06 bits per heavy atom. The first-order chi connectivity index (χ1) is 7.90. The van der Waals surface area contributed by atoms with Crippen molar-refractivity contribution in [2.75, 3.05) is 5.75 Å².